The molecule has 2 nitrogen and oxygen atoms in total. The molecule has 9 heavy (non-hydrogen) atoms. The average molecular weight is 258 g/mol. The Hall–Kier alpha value is 0.0700. The van der Waals surface area contributed by atoms with E-state index in [9.17, 15) is 0 Å². The summed E-state index contributed by atoms with van der Waals surface area (Å²) in [5, 5.41) is 0. The first kappa shape index (κ1) is 16.0. The molecule has 0 aliphatic rings. The van der Waals surface area contributed by atoms with Crippen molar-refractivity contribution in [3.05, 3.63) is 30.6 Å². The van der Waals surface area contributed by atoms with Crippen molar-refractivity contribution in [1.29, 1.82) is 0 Å². The van der Waals surface area contributed by atoms with Gasteiger partial charge in [-0.15, -0.1) is 34.0 Å². The predicted octanol–water partition coefficient (Wildman–Crippen LogP) is 2.40. The van der Waals surface area contributed by atoms with E-state index < -0.39 is 0 Å². The van der Waals surface area contributed by atoms with Crippen molar-refractivity contribution in [1.82, 2.24) is 11.1 Å². The second kappa shape index (κ2) is 10.9. The van der Waals surface area contributed by atoms with E-state index >= 15 is 0 Å². The van der Waals surface area contributed by atoms with Crippen LogP contribution in [0.25, 0.3) is 0 Å². The topological polar surface area (TPSA) is 47.9 Å². The first-order valence-electron chi connectivity index (χ1n) is 1.85. The normalized spacial score (nSPS) is 5.33. The van der Waals surface area contributed by atoms with Crippen LogP contribution in [0.15, 0.2) is 30.6 Å². The maximum absolute atomic E-state index is 3.78. The Bertz CT molecular complexity index is 84.9. The van der Waals surface area contributed by atoms with Crippen LogP contribution in [0.1, 0.15) is 0 Å². The van der Waals surface area contributed by atoms with Crippen molar-refractivity contribution in [3.8, 4) is 0 Å². The molecule has 3 N–H and O–H groups in total. The molecule has 0 radical (unpaired) electrons. The van der Waals surface area contributed by atoms with Gasteiger partial charge in [-0.1, -0.05) is 6.07 Å². The molecule has 0 saturated heterocycles. The van der Waals surface area contributed by atoms with E-state index in [1.165, 1.54) is 0 Å². The van der Waals surface area contributed by atoms with Crippen LogP contribution in [0.2, 0.25) is 0 Å². The van der Waals surface area contributed by atoms with Crippen LogP contribution in [-0.4, -0.2) is 4.98 Å². The molecule has 0 fully saturated rings. The Balaban J connectivity index is -0.000000120. The van der Waals surface area contributed by atoms with Crippen LogP contribution in [0, 0.1) is 0 Å². The molecule has 1 rings (SSSR count). The summed E-state index contributed by atoms with van der Waals surface area (Å²) in [7, 11) is 0. The standard InChI is InChI=1S/C5H5N.2BrH.H3N/c1-2-4-6-5-3-1;;;/h1-5H;2*1H;1H3. The highest BCUT2D eigenvalue weighted by atomic mass is 79.9. The molecule has 1 aromatic heterocycles. The number of hydrogen-bond donors (Lipinski definition) is 1. The van der Waals surface area contributed by atoms with Gasteiger partial charge in [0.15, 0.2) is 0 Å². The van der Waals surface area contributed by atoms with Gasteiger partial charge < -0.3 is 6.15 Å². The Morgan fingerprint density at radius 3 is 1.33 bits per heavy atom. The first-order valence-corrected chi connectivity index (χ1v) is 1.85. The zero-order valence-corrected chi connectivity index (χ0v) is 8.28. The van der Waals surface area contributed by atoms with E-state index in [0.29, 0.717) is 0 Å². The minimum atomic E-state index is 0. The summed E-state index contributed by atoms with van der Waals surface area (Å²) in [5.74, 6) is 0. The van der Waals surface area contributed by atoms with Crippen LogP contribution in [0.5, 0.6) is 0 Å². The lowest BCUT2D eigenvalue weighted by molar-refractivity contribution is 1.33. The summed E-state index contributed by atoms with van der Waals surface area (Å²) < 4.78 is 0. The lowest BCUT2D eigenvalue weighted by Gasteiger charge is -1.70. The van der Waals surface area contributed by atoms with Crippen molar-refractivity contribution in [2.75, 3.05) is 0 Å². The van der Waals surface area contributed by atoms with Gasteiger partial charge in [-0.05, 0) is 12.1 Å². The first-order chi connectivity index (χ1) is 3.00. The number of aromatic nitrogens is 1. The lowest BCUT2D eigenvalue weighted by atomic mass is 10.5. The van der Waals surface area contributed by atoms with E-state index in [1.807, 2.05) is 18.2 Å². The summed E-state index contributed by atoms with van der Waals surface area (Å²) in [4.78, 5) is 3.78. The molecule has 0 saturated carbocycles. The molecule has 4 heteroatoms. The van der Waals surface area contributed by atoms with E-state index in [-0.39, 0.29) is 40.1 Å². The van der Waals surface area contributed by atoms with Crippen molar-refractivity contribution < 1.29 is 0 Å². The number of hydrogen-bond acceptors (Lipinski definition) is 2. The second-order valence-electron chi connectivity index (χ2n) is 1.02. The van der Waals surface area contributed by atoms with Gasteiger partial charge in [-0.2, -0.15) is 0 Å². The van der Waals surface area contributed by atoms with Gasteiger partial charge in [0, 0.05) is 12.4 Å². The van der Waals surface area contributed by atoms with E-state index in [1.54, 1.807) is 12.4 Å². The molecule has 1 aromatic rings. The fourth-order valence-electron chi connectivity index (χ4n) is 0.313. The second-order valence-corrected chi connectivity index (χ2v) is 1.02. The van der Waals surface area contributed by atoms with Crippen molar-refractivity contribution in [2.45, 2.75) is 0 Å². The Labute approximate surface area is 75.8 Å². The third-order valence-electron chi connectivity index (χ3n) is 0.566. The molecule has 0 aromatic carbocycles. The van der Waals surface area contributed by atoms with Crippen molar-refractivity contribution in [2.24, 2.45) is 0 Å². The lowest BCUT2D eigenvalue weighted by Crippen LogP contribution is -1.58. The summed E-state index contributed by atoms with van der Waals surface area (Å²) in [6.45, 7) is 0. The molecule has 1 heterocycles. The van der Waals surface area contributed by atoms with Crippen LogP contribution in [0.4, 0.5) is 0 Å². The maximum Gasteiger partial charge on any atom is 0.0267 e. The predicted molar refractivity (Wildman–Crippen MR) is 49.9 cm³/mol. The molecule has 0 spiro atoms. The average Bonchev–Trinajstić information content (AvgIpc) is 1.72. The van der Waals surface area contributed by atoms with Gasteiger partial charge in [-0.25, -0.2) is 0 Å². The van der Waals surface area contributed by atoms with Gasteiger partial charge in [-0.3, -0.25) is 4.98 Å². The fraction of sp³-hybridized carbons (Fsp3) is 0. The van der Waals surface area contributed by atoms with Gasteiger partial charge in [0.1, 0.15) is 0 Å². The molecule has 0 aliphatic carbocycles. The monoisotopic (exact) mass is 256 g/mol. The third-order valence-corrected chi connectivity index (χ3v) is 0.566. The SMILES string of the molecule is Br.Br.N.c1ccncc1. The largest absolute Gasteiger partial charge is 0.344 e. The van der Waals surface area contributed by atoms with Crippen LogP contribution < -0.4 is 6.15 Å². The van der Waals surface area contributed by atoms with Crippen LogP contribution in [-0.2, 0) is 0 Å². The minimum Gasteiger partial charge on any atom is -0.344 e. The quantitative estimate of drug-likeness (QED) is 0.776. The van der Waals surface area contributed by atoms with Crippen LogP contribution in [0.3, 0.4) is 0 Å². The Morgan fingerprint density at radius 1 is 0.778 bits per heavy atom. The summed E-state index contributed by atoms with van der Waals surface area (Å²) in [6.07, 6.45) is 3.50. The van der Waals surface area contributed by atoms with Crippen molar-refractivity contribution >= 4 is 34.0 Å². The zero-order valence-electron chi connectivity index (χ0n) is 4.86. The fourth-order valence-corrected chi connectivity index (χ4v) is 0.313. The summed E-state index contributed by atoms with van der Waals surface area (Å²) in [6, 6.07) is 5.72. The van der Waals surface area contributed by atoms with Gasteiger partial charge in [0.2, 0.25) is 0 Å². The molecule has 54 valence electrons. The molecular weight excluding hydrogens is 248 g/mol. The third kappa shape index (κ3) is 8.07. The molecular formula is C5H10Br2N2. The maximum atomic E-state index is 3.78. The highest BCUT2D eigenvalue weighted by molar-refractivity contribution is 8.93. The molecule has 0 amide bonds. The van der Waals surface area contributed by atoms with E-state index in [0.717, 1.165) is 0 Å². The highest BCUT2D eigenvalue weighted by Gasteiger charge is 1.58. The molecule has 0 aliphatic heterocycles. The van der Waals surface area contributed by atoms with E-state index in [4.69, 9.17) is 0 Å². The molecule has 0 bridgehead atoms. The van der Waals surface area contributed by atoms with Crippen LogP contribution >= 0.6 is 34.0 Å². The summed E-state index contributed by atoms with van der Waals surface area (Å²) in [5.41, 5.74) is 0. The van der Waals surface area contributed by atoms with E-state index in [2.05, 4.69) is 4.98 Å². The highest BCUT2D eigenvalue weighted by Crippen LogP contribution is 1.73. The minimum absolute atomic E-state index is 0. The van der Waals surface area contributed by atoms with Gasteiger partial charge in [0.25, 0.3) is 0 Å². The number of nitrogens with zero attached hydrogens (tertiary/aromatic N) is 1. The molecule has 0 atom stereocenters. The number of halogens is 2. The number of pyridine rings is 1. The smallest absolute Gasteiger partial charge is 0.0267 e. The Morgan fingerprint density at radius 2 is 1.22 bits per heavy atom. The van der Waals surface area contributed by atoms with Gasteiger partial charge >= 0.3 is 0 Å². The summed E-state index contributed by atoms with van der Waals surface area (Å²) >= 11 is 0. The number of rotatable bonds is 0. The zero-order chi connectivity index (χ0) is 4.24. The molecule has 0 unspecified atom stereocenters. The Kier molecular flexibility index (Phi) is 19.5. The van der Waals surface area contributed by atoms with Crippen molar-refractivity contribution in [3.63, 3.8) is 0 Å². The van der Waals surface area contributed by atoms with Gasteiger partial charge in [0.05, 0.1) is 0 Å².